The Labute approximate surface area is 151 Å². The number of nitrogens with one attached hydrogen (secondary N) is 2. The molecule has 1 rings (SSSR count). The van der Waals surface area contributed by atoms with Crippen LogP contribution in [0.15, 0.2) is 29.2 Å². The molecule has 25 heavy (non-hydrogen) atoms. The summed E-state index contributed by atoms with van der Waals surface area (Å²) in [5.74, 6) is -1.00. The van der Waals surface area contributed by atoms with E-state index in [1.165, 1.54) is 0 Å². The van der Waals surface area contributed by atoms with Crippen LogP contribution in [0.2, 0.25) is 0 Å². The van der Waals surface area contributed by atoms with Crippen LogP contribution in [0.4, 0.5) is 10.5 Å². The van der Waals surface area contributed by atoms with Crippen LogP contribution < -0.4 is 10.6 Å². The fourth-order valence-corrected chi connectivity index (χ4v) is 2.16. The predicted molar refractivity (Wildman–Crippen MR) is 96.7 cm³/mol. The van der Waals surface area contributed by atoms with Crippen LogP contribution in [0.3, 0.4) is 0 Å². The molecule has 2 N–H and O–H groups in total. The summed E-state index contributed by atoms with van der Waals surface area (Å²) in [4.78, 5) is 35.8. The number of esters is 1. The maximum absolute atomic E-state index is 11.8. The van der Waals surface area contributed by atoms with Crippen LogP contribution in [0.25, 0.3) is 0 Å². The van der Waals surface area contributed by atoms with E-state index in [-0.39, 0.29) is 19.6 Å². The van der Waals surface area contributed by atoms with Crippen LogP contribution in [0.1, 0.15) is 27.2 Å². The lowest BCUT2D eigenvalue weighted by molar-refractivity contribution is -0.147. The van der Waals surface area contributed by atoms with Crippen LogP contribution in [0.5, 0.6) is 0 Å². The van der Waals surface area contributed by atoms with Crippen molar-refractivity contribution in [1.82, 2.24) is 5.32 Å². The number of hydrogen-bond acceptors (Lipinski definition) is 6. The zero-order chi connectivity index (χ0) is 18.9. The summed E-state index contributed by atoms with van der Waals surface area (Å²) in [7, 11) is 0. The summed E-state index contributed by atoms with van der Waals surface area (Å²) in [6.45, 7) is 4.93. The number of benzene rings is 1. The Bertz CT molecular complexity index is 613. The number of alkyl carbamates (subject to hydrolysis) is 1. The summed E-state index contributed by atoms with van der Waals surface area (Å²) < 4.78 is 9.90. The van der Waals surface area contributed by atoms with Gasteiger partial charge in [0.25, 0.3) is 5.91 Å². The molecule has 0 aromatic heterocycles. The van der Waals surface area contributed by atoms with Gasteiger partial charge in [-0.05, 0) is 45.2 Å². The normalized spacial score (nSPS) is 10.7. The van der Waals surface area contributed by atoms with Crippen LogP contribution in [-0.4, -0.2) is 43.0 Å². The van der Waals surface area contributed by atoms with Crippen molar-refractivity contribution in [2.75, 3.05) is 24.7 Å². The van der Waals surface area contributed by atoms with Crippen LogP contribution in [-0.2, 0) is 19.1 Å². The monoisotopic (exact) mass is 368 g/mol. The van der Waals surface area contributed by atoms with E-state index >= 15 is 0 Å². The first-order chi connectivity index (χ1) is 11.7. The maximum Gasteiger partial charge on any atom is 0.407 e. The first-order valence-corrected chi connectivity index (χ1v) is 8.98. The van der Waals surface area contributed by atoms with Gasteiger partial charge < -0.3 is 20.1 Å². The average Bonchev–Trinajstić information content (AvgIpc) is 2.51. The van der Waals surface area contributed by atoms with Gasteiger partial charge in [0.05, 0.1) is 6.42 Å². The van der Waals surface area contributed by atoms with E-state index in [0.717, 1.165) is 4.90 Å². The number of rotatable bonds is 7. The molecule has 0 bridgehead atoms. The lowest BCUT2D eigenvalue weighted by atomic mass is 10.2. The van der Waals surface area contributed by atoms with Gasteiger partial charge in [0.15, 0.2) is 6.61 Å². The molecule has 7 nitrogen and oxygen atoms in total. The second-order valence-corrected chi connectivity index (χ2v) is 7.00. The third-order valence-electron chi connectivity index (χ3n) is 2.72. The van der Waals surface area contributed by atoms with E-state index in [4.69, 9.17) is 9.47 Å². The number of amides is 2. The first-order valence-electron chi connectivity index (χ1n) is 7.76. The second kappa shape index (κ2) is 9.93. The van der Waals surface area contributed by atoms with E-state index in [9.17, 15) is 14.4 Å². The quantitative estimate of drug-likeness (QED) is 0.568. The molecular formula is C17H24N2O5S. The summed E-state index contributed by atoms with van der Waals surface area (Å²) in [5, 5.41) is 5.10. The molecule has 0 aliphatic rings. The van der Waals surface area contributed by atoms with Crippen molar-refractivity contribution < 1.29 is 23.9 Å². The standard InChI is InChI=1S/C17H24N2O5S/c1-17(2,3)24-16(22)18-9-8-15(21)23-11-14(20)19-12-6-5-7-13(10-12)25-4/h5-7,10H,8-9,11H2,1-4H3,(H,18,22)(H,19,20). The van der Waals surface area contributed by atoms with E-state index in [1.807, 2.05) is 24.5 Å². The number of carbonyl (C=O) groups is 3. The Morgan fingerprint density at radius 2 is 1.92 bits per heavy atom. The van der Waals surface area contributed by atoms with Crippen molar-refractivity contribution in [2.24, 2.45) is 0 Å². The molecule has 1 aromatic carbocycles. The van der Waals surface area contributed by atoms with E-state index in [1.54, 1.807) is 38.6 Å². The first kappa shape index (κ1) is 20.8. The zero-order valence-electron chi connectivity index (χ0n) is 14.9. The van der Waals surface area contributed by atoms with Gasteiger partial charge in [0, 0.05) is 17.1 Å². The molecule has 0 fully saturated rings. The van der Waals surface area contributed by atoms with Gasteiger partial charge in [-0.2, -0.15) is 0 Å². The minimum atomic E-state index is -0.605. The Morgan fingerprint density at radius 3 is 2.56 bits per heavy atom. The summed E-state index contributed by atoms with van der Waals surface area (Å²) >= 11 is 1.56. The second-order valence-electron chi connectivity index (χ2n) is 6.12. The smallest absolute Gasteiger partial charge is 0.407 e. The van der Waals surface area contributed by atoms with Crippen molar-refractivity contribution in [1.29, 1.82) is 0 Å². The maximum atomic E-state index is 11.8. The SMILES string of the molecule is CSc1cccc(NC(=O)COC(=O)CCNC(=O)OC(C)(C)C)c1. The van der Waals surface area contributed by atoms with Gasteiger partial charge in [-0.25, -0.2) is 4.79 Å². The van der Waals surface area contributed by atoms with Gasteiger partial charge in [-0.3, -0.25) is 9.59 Å². The minimum Gasteiger partial charge on any atom is -0.456 e. The summed E-state index contributed by atoms with van der Waals surface area (Å²) in [5.41, 5.74) is 0.0375. The Balaban J connectivity index is 2.24. The molecule has 2 amide bonds. The van der Waals surface area contributed by atoms with Gasteiger partial charge in [-0.15, -0.1) is 11.8 Å². The number of thioether (sulfide) groups is 1. The largest absolute Gasteiger partial charge is 0.456 e. The Morgan fingerprint density at radius 1 is 1.20 bits per heavy atom. The highest BCUT2D eigenvalue weighted by Gasteiger charge is 2.16. The predicted octanol–water partition coefficient (Wildman–Crippen LogP) is 2.81. The highest BCUT2D eigenvalue weighted by Crippen LogP contribution is 2.18. The van der Waals surface area contributed by atoms with Gasteiger partial charge >= 0.3 is 12.1 Å². The molecule has 0 saturated carbocycles. The van der Waals surface area contributed by atoms with Gasteiger partial charge in [-0.1, -0.05) is 6.07 Å². The fourth-order valence-electron chi connectivity index (χ4n) is 1.70. The molecule has 0 spiro atoms. The van der Waals surface area contributed by atoms with Crippen LogP contribution in [0, 0.1) is 0 Å². The van der Waals surface area contributed by atoms with Crippen molar-refractivity contribution >= 4 is 35.4 Å². The number of ether oxygens (including phenoxy) is 2. The van der Waals surface area contributed by atoms with Crippen molar-refractivity contribution in [2.45, 2.75) is 37.7 Å². The van der Waals surface area contributed by atoms with Crippen molar-refractivity contribution in [3.8, 4) is 0 Å². The Hall–Kier alpha value is -2.22. The lowest BCUT2D eigenvalue weighted by Crippen LogP contribution is -2.34. The third kappa shape index (κ3) is 9.61. The summed E-state index contributed by atoms with van der Waals surface area (Å²) in [6.07, 6.45) is 1.29. The number of carbonyl (C=O) groups excluding carboxylic acids is 3. The Kier molecular flexibility index (Phi) is 8.27. The van der Waals surface area contributed by atoms with Crippen molar-refractivity contribution in [3.63, 3.8) is 0 Å². The molecule has 0 aliphatic carbocycles. The lowest BCUT2D eigenvalue weighted by Gasteiger charge is -2.19. The van der Waals surface area contributed by atoms with Crippen molar-refractivity contribution in [3.05, 3.63) is 24.3 Å². The zero-order valence-corrected chi connectivity index (χ0v) is 15.7. The third-order valence-corrected chi connectivity index (χ3v) is 3.44. The van der Waals surface area contributed by atoms with E-state index in [2.05, 4.69) is 10.6 Å². The highest BCUT2D eigenvalue weighted by atomic mass is 32.2. The number of anilines is 1. The molecule has 0 heterocycles. The van der Waals surface area contributed by atoms with E-state index in [0.29, 0.717) is 5.69 Å². The molecule has 138 valence electrons. The molecule has 8 heteroatoms. The molecule has 1 aromatic rings. The molecule has 0 aliphatic heterocycles. The van der Waals surface area contributed by atoms with Crippen LogP contribution >= 0.6 is 11.8 Å². The molecule has 0 radical (unpaired) electrons. The fraction of sp³-hybridized carbons (Fsp3) is 0.471. The van der Waals surface area contributed by atoms with Gasteiger partial charge in [0.1, 0.15) is 5.60 Å². The number of hydrogen-bond donors (Lipinski definition) is 2. The average molecular weight is 368 g/mol. The molecular weight excluding hydrogens is 344 g/mol. The van der Waals surface area contributed by atoms with Gasteiger partial charge in [0.2, 0.25) is 0 Å². The van der Waals surface area contributed by atoms with E-state index < -0.39 is 23.6 Å². The highest BCUT2D eigenvalue weighted by molar-refractivity contribution is 7.98. The molecule has 0 saturated heterocycles. The molecule has 0 unspecified atom stereocenters. The molecule has 0 atom stereocenters. The summed E-state index contributed by atoms with van der Waals surface area (Å²) in [6, 6.07) is 7.34. The topological polar surface area (TPSA) is 93.7 Å². The minimum absolute atomic E-state index is 0.0471.